The van der Waals surface area contributed by atoms with Crippen LogP contribution in [0.25, 0.3) is 0 Å². The predicted molar refractivity (Wildman–Crippen MR) is 87.9 cm³/mol. The number of nitrogens with zero attached hydrogens (tertiary/aromatic N) is 1. The Hall–Kier alpha value is -0.940. The molecule has 2 aliphatic heterocycles. The monoisotopic (exact) mass is 304 g/mol. The molecular formula is C18H28N2O2. The summed E-state index contributed by atoms with van der Waals surface area (Å²) in [5.41, 5.74) is 0.554. The van der Waals surface area contributed by atoms with E-state index in [1.165, 1.54) is 5.56 Å². The number of piperidine rings is 2. The van der Waals surface area contributed by atoms with Gasteiger partial charge in [-0.2, -0.15) is 0 Å². The predicted octanol–water partition coefficient (Wildman–Crippen LogP) is 1.74. The number of rotatable bonds is 4. The fraction of sp³-hybridized carbons (Fsp3) is 0.667. The molecule has 1 atom stereocenters. The Morgan fingerprint density at radius 2 is 1.91 bits per heavy atom. The van der Waals surface area contributed by atoms with Gasteiger partial charge in [0.05, 0.1) is 11.2 Å². The van der Waals surface area contributed by atoms with Crippen LogP contribution in [-0.4, -0.2) is 55.4 Å². The van der Waals surface area contributed by atoms with Crippen LogP contribution < -0.4 is 5.32 Å². The van der Waals surface area contributed by atoms with Gasteiger partial charge < -0.3 is 20.1 Å². The van der Waals surface area contributed by atoms with Crippen molar-refractivity contribution in [3.05, 3.63) is 35.9 Å². The van der Waals surface area contributed by atoms with E-state index in [4.69, 9.17) is 4.74 Å². The number of ether oxygens (including phenoxy) is 1. The van der Waals surface area contributed by atoms with E-state index in [1.54, 1.807) is 0 Å². The molecule has 0 aliphatic carbocycles. The highest BCUT2D eigenvalue weighted by Crippen LogP contribution is 2.36. The van der Waals surface area contributed by atoms with E-state index in [2.05, 4.69) is 34.5 Å². The Balaban J connectivity index is 1.61. The standard InChI is InChI=1S/C18H28N2O2/c1-22-18(16-6-3-2-4-7-16)9-12-20(13-10-18)15-17(21)8-5-11-19-14-17/h2-4,6-7,19,21H,5,8-15H2,1H3/t17-/m0/s1. The molecule has 2 saturated heterocycles. The van der Waals surface area contributed by atoms with Crippen LogP contribution in [0.4, 0.5) is 0 Å². The van der Waals surface area contributed by atoms with E-state index in [0.29, 0.717) is 0 Å². The fourth-order valence-electron chi connectivity index (χ4n) is 3.93. The summed E-state index contributed by atoms with van der Waals surface area (Å²) in [6.07, 6.45) is 3.94. The van der Waals surface area contributed by atoms with E-state index >= 15 is 0 Å². The highest BCUT2D eigenvalue weighted by molar-refractivity contribution is 5.23. The van der Waals surface area contributed by atoms with E-state index in [0.717, 1.165) is 58.4 Å². The van der Waals surface area contributed by atoms with E-state index < -0.39 is 5.60 Å². The van der Waals surface area contributed by atoms with Crippen molar-refractivity contribution in [3.8, 4) is 0 Å². The second-order valence-electron chi connectivity index (χ2n) is 6.85. The van der Waals surface area contributed by atoms with E-state index in [-0.39, 0.29) is 5.60 Å². The molecule has 0 spiro atoms. The summed E-state index contributed by atoms with van der Waals surface area (Å²) in [6, 6.07) is 10.5. The average Bonchev–Trinajstić information content (AvgIpc) is 2.57. The zero-order valence-electron chi connectivity index (χ0n) is 13.6. The van der Waals surface area contributed by atoms with Gasteiger partial charge in [0, 0.05) is 33.3 Å². The van der Waals surface area contributed by atoms with Gasteiger partial charge in [0.1, 0.15) is 0 Å². The topological polar surface area (TPSA) is 44.7 Å². The van der Waals surface area contributed by atoms with Crippen LogP contribution in [0, 0.1) is 0 Å². The Morgan fingerprint density at radius 3 is 2.50 bits per heavy atom. The molecule has 1 aromatic rings. The van der Waals surface area contributed by atoms with Crippen molar-refractivity contribution >= 4 is 0 Å². The summed E-state index contributed by atoms with van der Waals surface area (Å²) in [6.45, 7) is 4.48. The molecule has 0 bridgehead atoms. The molecule has 22 heavy (non-hydrogen) atoms. The van der Waals surface area contributed by atoms with Gasteiger partial charge >= 0.3 is 0 Å². The van der Waals surface area contributed by atoms with Crippen LogP contribution in [0.3, 0.4) is 0 Å². The third-order valence-corrected chi connectivity index (χ3v) is 5.32. The quantitative estimate of drug-likeness (QED) is 0.889. The fourth-order valence-corrected chi connectivity index (χ4v) is 3.93. The van der Waals surface area contributed by atoms with Gasteiger partial charge in [-0.25, -0.2) is 0 Å². The van der Waals surface area contributed by atoms with Crippen LogP contribution in [0.1, 0.15) is 31.2 Å². The summed E-state index contributed by atoms with van der Waals surface area (Å²) in [4.78, 5) is 2.40. The Bertz CT molecular complexity index is 463. The summed E-state index contributed by atoms with van der Waals surface area (Å²) in [5.74, 6) is 0. The SMILES string of the molecule is COC1(c2ccccc2)CCN(C[C@]2(O)CCCNC2)CC1. The van der Waals surface area contributed by atoms with Crippen molar-refractivity contribution in [2.24, 2.45) is 0 Å². The lowest BCUT2D eigenvalue weighted by Gasteiger charge is -2.44. The molecule has 2 fully saturated rings. The van der Waals surface area contributed by atoms with Gasteiger partial charge in [-0.1, -0.05) is 30.3 Å². The summed E-state index contributed by atoms with van der Waals surface area (Å²) in [5, 5.41) is 14.0. The number of aliphatic hydroxyl groups is 1. The van der Waals surface area contributed by atoms with Crippen molar-refractivity contribution < 1.29 is 9.84 Å². The summed E-state index contributed by atoms with van der Waals surface area (Å²) in [7, 11) is 1.82. The molecule has 122 valence electrons. The molecule has 4 heteroatoms. The van der Waals surface area contributed by atoms with Crippen LogP contribution in [-0.2, 0) is 10.3 Å². The maximum Gasteiger partial charge on any atom is 0.0951 e. The Labute approximate surface area is 133 Å². The lowest BCUT2D eigenvalue weighted by molar-refractivity contribution is -0.0814. The Kier molecular flexibility index (Phi) is 4.83. The average molecular weight is 304 g/mol. The lowest BCUT2D eigenvalue weighted by atomic mass is 9.83. The maximum atomic E-state index is 10.7. The number of β-amino-alcohol motifs (C(OH)–C–C–N with tert-alkyl or cyclic N) is 1. The minimum atomic E-state index is -0.557. The molecule has 3 rings (SSSR count). The number of benzene rings is 1. The van der Waals surface area contributed by atoms with E-state index in [1.807, 2.05) is 13.2 Å². The molecule has 2 heterocycles. The van der Waals surface area contributed by atoms with Gasteiger partial charge in [-0.05, 0) is 37.8 Å². The molecular weight excluding hydrogens is 276 g/mol. The highest BCUT2D eigenvalue weighted by Gasteiger charge is 2.39. The first-order valence-electron chi connectivity index (χ1n) is 8.42. The third kappa shape index (κ3) is 3.35. The van der Waals surface area contributed by atoms with Gasteiger partial charge in [-0.3, -0.25) is 0 Å². The van der Waals surface area contributed by atoms with Crippen LogP contribution in [0.2, 0.25) is 0 Å². The first kappa shape index (κ1) is 15.9. The van der Waals surface area contributed by atoms with Crippen LogP contribution in [0.15, 0.2) is 30.3 Å². The van der Waals surface area contributed by atoms with Gasteiger partial charge in [0.25, 0.3) is 0 Å². The highest BCUT2D eigenvalue weighted by atomic mass is 16.5. The van der Waals surface area contributed by atoms with E-state index in [9.17, 15) is 5.11 Å². The number of nitrogens with one attached hydrogen (secondary N) is 1. The van der Waals surface area contributed by atoms with Crippen molar-refractivity contribution in [3.63, 3.8) is 0 Å². The zero-order chi connectivity index (χ0) is 15.5. The summed E-state index contributed by atoms with van der Waals surface area (Å²) >= 11 is 0. The minimum Gasteiger partial charge on any atom is -0.387 e. The van der Waals surface area contributed by atoms with Crippen LogP contribution in [0.5, 0.6) is 0 Å². The summed E-state index contributed by atoms with van der Waals surface area (Å²) < 4.78 is 5.93. The number of hydrogen-bond acceptors (Lipinski definition) is 4. The maximum absolute atomic E-state index is 10.7. The van der Waals surface area contributed by atoms with Crippen molar-refractivity contribution in [2.75, 3.05) is 39.8 Å². The molecule has 0 radical (unpaired) electrons. The largest absolute Gasteiger partial charge is 0.387 e. The first-order chi connectivity index (χ1) is 10.7. The molecule has 2 N–H and O–H groups in total. The Morgan fingerprint density at radius 1 is 1.18 bits per heavy atom. The minimum absolute atomic E-state index is 0.162. The zero-order valence-corrected chi connectivity index (χ0v) is 13.6. The molecule has 2 aliphatic rings. The number of methoxy groups -OCH3 is 1. The molecule has 0 aromatic heterocycles. The van der Waals surface area contributed by atoms with Crippen molar-refractivity contribution in [2.45, 2.75) is 36.9 Å². The molecule has 0 unspecified atom stereocenters. The number of hydrogen-bond donors (Lipinski definition) is 2. The molecule has 0 amide bonds. The van der Waals surface area contributed by atoms with Gasteiger partial charge in [0.2, 0.25) is 0 Å². The second-order valence-corrected chi connectivity index (χ2v) is 6.85. The first-order valence-corrected chi connectivity index (χ1v) is 8.42. The molecule has 1 aromatic carbocycles. The normalized spacial score (nSPS) is 29.4. The van der Waals surface area contributed by atoms with Crippen LogP contribution >= 0.6 is 0 Å². The molecule has 0 saturated carbocycles. The third-order valence-electron chi connectivity index (χ3n) is 5.32. The van der Waals surface area contributed by atoms with Crippen molar-refractivity contribution in [1.29, 1.82) is 0 Å². The number of likely N-dealkylation sites (tertiary alicyclic amines) is 1. The van der Waals surface area contributed by atoms with Gasteiger partial charge in [0.15, 0.2) is 0 Å². The lowest BCUT2D eigenvalue weighted by Crippen LogP contribution is -2.55. The smallest absolute Gasteiger partial charge is 0.0951 e. The second kappa shape index (κ2) is 6.67. The van der Waals surface area contributed by atoms with Crippen molar-refractivity contribution in [1.82, 2.24) is 10.2 Å². The van der Waals surface area contributed by atoms with Gasteiger partial charge in [-0.15, -0.1) is 0 Å². The molecule has 4 nitrogen and oxygen atoms in total.